The summed E-state index contributed by atoms with van der Waals surface area (Å²) in [5.41, 5.74) is 0.00400. The summed E-state index contributed by atoms with van der Waals surface area (Å²) in [6.45, 7) is 5.67. The van der Waals surface area contributed by atoms with Crippen LogP contribution in [0.25, 0.3) is 0 Å². The molecule has 0 unspecified atom stereocenters. The van der Waals surface area contributed by atoms with Crippen LogP contribution in [0.4, 0.5) is 13.2 Å². The lowest BCUT2D eigenvalue weighted by Crippen LogP contribution is -2.36. The molecule has 0 amide bonds. The summed E-state index contributed by atoms with van der Waals surface area (Å²) >= 11 is 0. The molecule has 0 bridgehead atoms. The fourth-order valence-electron chi connectivity index (χ4n) is 0.826. The molecule has 0 radical (unpaired) electrons. The van der Waals surface area contributed by atoms with Gasteiger partial charge in [0, 0.05) is 12.1 Å². The summed E-state index contributed by atoms with van der Waals surface area (Å²) in [6, 6.07) is 0. The van der Waals surface area contributed by atoms with Gasteiger partial charge in [0.05, 0.1) is 0 Å². The maximum absolute atomic E-state index is 11.6. The molecule has 0 fully saturated rings. The second kappa shape index (κ2) is 5.56. The molecule has 0 aliphatic carbocycles. The zero-order valence-electron chi connectivity index (χ0n) is 8.87. The molecular weight excluding hydrogens is 195 g/mol. The first-order chi connectivity index (χ1) is 6.21. The summed E-state index contributed by atoms with van der Waals surface area (Å²) in [5.74, 6) is 0. The predicted molar refractivity (Wildman–Crippen MR) is 49.2 cm³/mol. The molecule has 0 rings (SSSR count). The molecular formula is C9H18F3NO. The van der Waals surface area contributed by atoms with Crippen LogP contribution in [0.1, 0.15) is 27.2 Å². The Morgan fingerprint density at radius 2 is 1.71 bits per heavy atom. The first-order valence-corrected chi connectivity index (χ1v) is 4.60. The molecule has 0 spiro atoms. The van der Waals surface area contributed by atoms with E-state index in [0.29, 0.717) is 13.0 Å². The maximum atomic E-state index is 11.6. The fourth-order valence-corrected chi connectivity index (χ4v) is 0.826. The third kappa shape index (κ3) is 11.7. The topological polar surface area (TPSA) is 21.3 Å². The van der Waals surface area contributed by atoms with E-state index in [2.05, 4.69) is 10.1 Å². The summed E-state index contributed by atoms with van der Waals surface area (Å²) in [7, 11) is 0. The minimum Gasteiger partial charge on any atom is -0.372 e. The number of hydrogen-bond acceptors (Lipinski definition) is 2. The number of hydrogen-bond donors (Lipinski definition) is 1. The average molecular weight is 213 g/mol. The highest BCUT2D eigenvalue weighted by atomic mass is 19.4. The molecule has 0 aromatic heterocycles. The van der Waals surface area contributed by atoms with Crippen LogP contribution in [0.15, 0.2) is 0 Å². The highest BCUT2D eigenvalue weighted by molar-refractivity contribution is 4.69. The van der Waals surface area contributed by atoms with Crippen molar-refractivity contribution in [3.8, 4) is 0 Å². The SMILES string of the molecule is CC(C)(C)NCCCOCC(F)(F)F. The van der Waals surface area contributed by atoms with Gasteiger partial charge in [0.25, 0.3) is 0 Å². The Morgan fingerprint density at radius 3 is 2.14 bits per heavy atom. The van der Waals surface area contributed by atoms with Gasteiger partial charge in [-0.25, -0.2) is 0 Å². The van der Waals surface area contributed by atoms with E-state index in [9.17, 15) is 13.2 Å². The van der Waals surface area contributed by atoms with Crippen molar-refractivity contribution in [3.63, 3.8) is 0 Å². The van der Waals surface area contributed by atoms with Crippen molar-refractivity contribution in [1.29, 1.82) is 0 Å². The lowest BCUT2D eigenvalue weighted by atomic mass is 10.1. The standard InChI is InChI=1S/C9H18F3NO/c1-8(2,3)13-5-4-6-14-7-9(10,11)12/h13H,4-7H2,1-3H3. The van der Waals surface area contributed by atoms with Gasteiger partial charge in [-0.1, -0.05) is 0 Å². The van der Waals surface area contributed by atoms with Gasteiger partial charge in [-0.15, -0.1) is 0 Å². The van der Waals surface area contributed by atoms with Crippen LogP contribution >= 0.6 is 0 Å². The molecule has 0 heterocycles. The molecule has 2 nitrogen and oxygen atoms in total. The largest absolute Gasteiger partial charge is 0.411 e. The van der Waals surface area contributed by atoms with Crippen LogP contribution in [0, 0.1) is 0 Å². The Kier molecular flexibility index (Phi) is 5.44. The smallest absolute Gasteiger partial charge is 0.372 e. The maximum Gasteiger partial charge on any atom is 0.411 e. The minimum atomic E-state index is -4.21. The highest BCUT2D eigenvalue weighted by Crippen LogP contribution is 2.14. The van der Waals surface area contributed by atoms with Crippen LogP contribution in [-0.2, 0) is 4.74 Å². The molecule has 86 valence electrons. The molecule has 0 atom stereocenters. The van der Waals surface area contributed by atoms with Crippen LogP contribution in [0.3, 0.4) is 0 Å². The van der Waals surface area contributed by atoms with Gasteiger partial charge in [-0.3, -0.25) is 0 Å². The molecule has 0 saturated heterocycles. The molecule has 0 aliphatic heterocycles. The van der Waals surface area contributed by atoms with Crippen LogP contribution in [0.2, 0.25) is 0 Å². The normalized spacial score (nSPS) is 13.3. The van der Waals surface area contributed by atoms with E-state index in [-0.39, 0.29) is 12.1 Å². The monoisotopic (exact) mass is 213 g/mol. The Morgan fingerprint density at radius 1 is 1.14 bits per heavy atom. The van der Waals surface area contributed by atoms with E-state index in [4.69, 9.17) is 0 Å². The minimum absolute atomic E-state index is 0.00400. The molecule has 1 N–H and O–H groups in total. The van der Waals surface area contributed by atoms with E-state index in [0.717, 1.165) is 0 Å². The van der Waals surface area contributed by atoms with Crippen molar-refractivity contribution in [2.75, 3.05) is 19.8 Å². The first-order valence-electron chi connectivity index (χ1n) is 4.60. The van der Waals surface area contributed by atoms with Crippen molar-refractivity contribution < 1.29 is 17.9 Å². The number of rotatable bonds is 5. The Labute approximate surface area is 82.8 Å². The van der Waals surface area contributed by atoms with Gasteiger partial charge in [-0.2, -0.15) is 13.2 Å². The quantitative estimate of drug-likeness (QED) is 0.708. The Balaban J connectivity index is 3.23. The van der Waals surface area contributed by atoms with E-state index in [1.165, 1.54) is 0 Å². The molecule has 0 aliphatic rings. The fraction of sp³-hybridized carbons (Fsp3) is 1.00. The average Bonchev–Trinajstić information content (AvgIpc) is 1.92. The highest BCUT2D eigenvalue weighted by Gasteiger charge is 2.27. The van der Waals surface area contributed by atoms with Gasteiger partial charge in [0.1, 0.15) is 6.61 Å². The number of ether oxygens (including phenoxy) is 1. The Bertz CT molecular complexity index is 133. The molecule has 14 heavy (non-hydrogen) atoms. The van der Waals surface area contributed by atoms with Gasteiger partial charge in [0.15, 0.2) is 0 Å². The number of alkyl halides is 3. The van der Waals surface area contributed by atoms with Crippen molar-refractivity contribution in [2.45, 2.75) is 38.9 Å². The molecule has 0 saturated carbocycles. The van der Waals surface area contributed by atoms with Crippen molar-refractivity contribution >= 4 is 0 Å². The predicted octanol–water partition coefficient (Wildman–Crippen LogP) is 2.34. The number of halogens is 3. The van der Waals surface area contributed by atoms with Gasteiger partial charge >= 0.3 is 6.18 Å². The van der Waals surface area contributed by atoms with Crippen molar-refractivity contribution in [3.05, 3.63) is 0 Å². The van der Waals surface area contributed by atoms with Gasteiger partial charge < -0.3 is 10.1 Å². The second-order valence-corrected chi connectivity index (χ2v) is 4.20. The summed E-state index contributed by atoms with van der Waals surface area (Å²) in [4.78, 5) is 0. The molecule has 0 aromatic carbocycles. The van der Waals surface area contributed by atoms with Crippen LogP contribution < -0.4 is 5.32 Å². The third-order valence-corrected chi connectivity index (χ3v) is 1.39. The summed E-state index contributed by atoms with van der Waals surface area (Å²) in [6.07, 6.45) is -3.62. The lowest BCUT2D eigenvalue weighted by molar-refractivity contribution is -0.174. The van der Waals surface area contributed by atoms with E-state index in [1.54, 1.807) is 0 Å². The zero-order chi connectivity index (χ0) is 11.2. The Hall–Kier alpha value is -0.290. The zero-order valence-corrected chi connectivity index (χ0v) is 8.87. The lowest BCUT2D eigenvalue weighted by Gasteiger charge is -2.20. The van der Waals surface area contributed by atoms with E-state index < -0.39 is 12.8 Å². The first kappa shape index (κ1) is 13.7. The third-order valence-electron chi connectivity index (χ3n) is 1.39. The van der Waals surface area contributed by atoms with Gasteiger partial charge in [0.2, 0.25) is 0 Å². The van der Waals surface area contributed by atoms with Crippen molar-refractivity contribution in [2.24, 2.45) is 0 Å². The van der Waals surface area contributed by atoms with E-state index >= 15 is 0 Å². The molecule has 5 heteroatoms. The summed E-state index contributed by atoms with van der Waals surface area (Å²) < 4.78 is 39.3. The van der Waals surface area contributed by atoms with Crippen LogP contribution in [0.5, 0.6) is 0 Å². The molecule has 0 aromatic rings. The second-order valence-electron chi connectivity index (χ2n) is 4.20. The van der Waals surface area contributed by atoms with Gasteiger partial charge in [-0.05, 0) is 33.7 Å². The number of nitrogens with one attached hydrogen (secondary N) is 1. The summed E-state index contributed by atoms with van der Waals surface area (Å²) in [5, 5.41) is 3.16. The van der Waals surface area contributed by atoms with Crippen LogP contribution in [-0.4, -0.2) is 31.5 Å². The van der Waals surface area contributed by atoms with E-state index in [1.807, 2.05) is 20.8 Å². The van der Waals surface area contributed by atoms with Crippen molar-refractivity contribution in [1.82, 2.24) is 5.32 Å².